The minimum Gasteiger partial charge on any atom is -0.463 e. The van der Waals surface area contributed by atoms with E-state index < -0.39 is 0 Å². The van der Waals surface area contributed by atoms with Gasteiger partial charge in [0.2, 0.25) is 0 Å². The molecule has 0 aliphatic heterocycles. The van der Waals surface area contributed by atoms with E-state index in [1.165, 1.54) is 0 Å². The number of esters is 1. The van der Waals surface area contributed by atoms with Crippen molar-refractivity contribution in [2.45, 2.75) is 27.7 Å². The van der Waals surface area contributed by atoms with Crippen molar-refractivity contribution in [1.29, 1.82) is 0 Å². The predicted molar refractivity (Wildman–Crippen MR) is 55.3 cm³/mol. The van der Waals surface area contributed by atoms with Gasteiger partial charge < -0.3 is 10.5 Å². The fraction of sp³-hybridized carbons (Fsp3) is 0.700. The molecule has 0 unspecified atom stereocenters. The maximum atomic E-state index is 10.4. The van der Waals surface area contributed by atoms with Crippen molar-refractivity contribution in [3.8, 4) is 0 Å². The summed E-state index contributed by atoms with van der Waals surface area (Å²) in [5, 5.41) is 0. The topological polar surface area (TPSA) is 52.3 Å². The fourth-order valence-corrected chi connectivity index (χ4v) is 0.254. The van der Waals surface area contributed by atoms with E-state index in [1.54, 1.807) is 13.8 Å². The van der Waals surface area contributed by atoms with Crippen LogP contribution in [0.1, 0.15) is 27.7 Å². The average molecular weight is 187 g/mol. The second kappa shape index (κ2) is 9.26. The SMILES string of the molecule is C=C(C)C(=O)OCC.CC(C)CN. The third-order valence-electron chi connectivity index (χ3n) is 1.10. The van der Waals surface area contributed by atoms with Crippen molar-refractivity contribution in [3.05, 3.63) is 12.2 Å². The van der Waals surface area contributed by atoms with Crippen molar-refractivity contribution >= 4 is 5.97 Å². The molecule has 0 heterocycles. The van der Waals surface area contributed by atoms with Crippen LogP contribution in [-0.2, 0) is 9.53 Å². The lowest BCUT2D eigenvalue weighted by Gasteiger charge is -1.96. The number of carbonyl (C=O) groups excluding carboxylic acids is 1. The van der Waals surface area contributed by atoms with E-state index in [4.69, 9.17) is 5.73 Å². The van der Waals surface area contributed by atoms with Crippen molar-refractivity contribution in [2.75, 3.05) is 13.2 Å². The van der Waals surface area contributed by atoms with Gasteiger partial charge in [-0.15, -0.1) is 0 Å². The molecule has 0 saturated carbocycles. The van der Waals surface area contributed by atoms with Crippen molar-refractivity contribution in [2.24, 2.45) is 11.7 Å². The highest BCUT2D eigenvalue weighted by atomic mass is 16.5. The molecule has 0 atom stereocenters. The van der Waals surface area contributed by atoms with Crippen molar-refractivity contribution < 1.29 is 9.53 Å². The lowest BCUT2D eigenvalue weighted by Crippen LogP contribution is -2.05. The number of nitrogens with two attached hydrogens (primary N) is 1. The Hall–Kier alpha value is -0.830. The van der Waals surface area contributed by atoms with Gasteiger partial charge in [-0.25, -0.2) is 4.79 Å². The third-order valence-corrected chi connectivity index (χ3v) is 1.10. The average Bonchev–Trinajstić information content (AvgIpc) is 2.06. The summed E-state index contributed by atoms with van der Waals surface area (Å²) in [5.74, 6) is 0.350. The molecule has 0 radical (unpaired) electrons. The molecule has 0 bridgehead atoms. The van der Waals surface area contributed by atoms with Gasteiger partial charge in [0.15, 0.2) is 0 Å². The van der Waals surface area contributed by atoms with E-state index in [9.17, 15) is 4.79 Å². The first-order chi connectivity index (χ1) is 5.95. The number of hydrogen-bond acceptors (Lipinski definition) is 3. The highest BCUT2D eigenvalue weighted by Gasteiger charge is 1.98. The number of carbonyl (C=O) groups is 1. The molecule has 0 aromatic rings. The summed E-state index contributed by atoms with van der Waals surface area (Å²) in [5.41, 5.74) is 5.62. The number of ether oxygens (including phenoxy) is 1. The molecular formula is C10H21NO2. The molecule has 13 heavy (non-hydrogen) atoms. The molecule has 0 aromatic heterocycles. The Morgan fingerprint density at radius 1 is 1.54 bits per heavy atom. The lowest BCUT2D eigenvalue weighted by atomic mass is 10.2. The standard InChI is InChI=1S/C6H10O2.C4H11N/c1-4-8-6(7)5(2)3;1-4(2)3-5/h2,4H2,1,3H3;4H,3,5H2,1-2H3. The van der Waals surface area contributed by atoms with Gasteiger partial charge in [-0.3, -0.25) is 0 Å². The largest absolute Gasteiger partial charge is 0.463 e. The molecule has 0 amide bonds. The maximum Gasteiger partial charge on any atom is 0.333 e. The summed E-state index contributed by atoms with van der Waals surface area (Å²) in [6.45, 7) is 12.2. The highest BCUT2D eigenvalue weighted by Crippen LogP contribution is 1.89. The van der Waals surface area contributed by atoms with Gasteiger partial charge in [0.05, 0.1) is 6.61 Å². The molecule has 0 saturated heterocycles. The lowest BCUT2D eigenvalue weighted by molar-refractivity contribution is -0.138. The van der Waals surface area contributed by atoms with E-state index in [-0.39, 0.29) is 5.97 Å². The molecule has 3 nitrogen and oxygen atoms in total. The normalized spacial score (nSPS) is 8.77. The van der Waals surface area contributed by atoms with E-state index in [0.717, 1.165) is 6.54 Å². The summed E-state index contributed by atoms with van der Waals surface area (Å²) in [6, 6.07) is 0. The summed E-state index contributed by atoms with van der Waals surface area (Å²) >= 11 is 0. The summed E-state index contributed by atoms with van der Waals surface area (Å²) < 4.78 is 4.56. The minimum absolute atomic E-state index is 0.312. The Morgan fingerprint density at radius 3 is 2.00 bits per heavy atom. The maximum absolute atomic E-state index is 10.4. The molecule has 2 N–H and O–H groups in total. The van der Waals surface area contributed by atoms with Crippen LogP contribution in [0.15, 0.2) is 12.2 Å². The Balaban J connectivity index is 0. The minimum atomic E-state index is -0.312. The first kappa shape index (κ1) is 14.7. The van der Waals surface area contributed by atoms with Crippen molar-refractivity contribution in [1.82, 2.24) is 0 Å². The molecule has 78 valence electrons. The van der Waals surface area contributed by atoms with Crippen LogP contribution < -0.4 is 5.73 Å². The Labute approximate surface area is 81.0 Å². The monoisotopic (exact) mass is 187 g/mol. The van der Waals surface area contributed by atoms with E-state index >= 15 is 0 Å². The Kier molecular flexibility index (Phi) is 10.5. The van der Waals surface area contributed by atoms with Crippen LogP contribution in [0.5, 0.6) is 0 Å². The summed E-state index contributed by atoms with van der Waals surface area (Å²) in [6.07, 6.45) is 0. The van der Waals surface area contributed by atoms with Gasteiger partial charge in [-0.2, -0.15) is 0 Å². The number of rotatable bonds is 3. The van der Waals surface area contributed by atoms with Crippen LogP contribution in [0.4, 0.5) is 0 Å². The zero-order valence-corrected chi connectivity index (χ0v) is 9.09. The predicted octanol–water partition coefficient (Wildman–Crippen LogP) is 1.73. The van der Waals surface area contributed by atoms with Crippen molar-refractivity contribution in [3.63, 3.8) is 0 Å². The number of hydrogen-bond donors (Lipinski definition) is 1. The van der Waals surface area contributed by atoms with Gasteiger partial charge in [0, 0.05) is 5.57 Å². The summed E-state index contributed by atoms with van der Waals surface area (Å²) in [4.78, 5) is 10.4. The first-order valence-electron chi connectivity index (χ1n) is 4.48. The first-order valence-corrected chi connectivity index (χ1v) is 4.48. The highest BCUT2D eigenvalue weighted by molar-refractivity contribution is 5.86. The van der Waals surface area contributed by atoms with E-state index in [2.05, 4.69) is 25.2 Å². The third kappa shape index (κ3) is 14.1. The van der Waals surface area contributed by atoms with Crippen LogP contribution in [0.25, 0.3) is 0 Å². The van der Waals surface area contributed by atoms with Crippen LogP contribution >= 0.6 is 0 Å². The quantitative estimate of drug-likeness (QED) is 0.540. The molecule has 0 spiro atoms. The van der Waals surface area contributed by atoms with Crippen LogP contribution in [0, 0.1) is 5.92 Å². The second-order valence-electron chi connectivity index (χ2n) is 3.13. The van der Waals surface area contributed by atoms with E-state index in [1.807, 2.05) is 0 Å². The summed E-state index contributed by atoms with van der Waals surface area (Å²) in [7, 11) is 0. The van der Waals surface area contributed by atoms with Crippen LogP contribution in [0.2, 0.25) is 0 Å². The molecule has 0 fully saturated rings. The van der Waals surface area contributed by atoms with Gasteiger partial charge >= 0.3 is 5.97 Å². The van der Waals surface area contributed by atoms with Gasteiger partial charge in [0.1, 0.15) is 0 Å². The van der Waals surface area contributed by atoms with Crippen LogP contribution in [0.3, 0.4) is 0 Å². The van der Waals surface area contributed by atoms with Gasteiger partial charge in [-0.1, -0.05) is 20.4 Å². The van der Waals surface area contributed by atoms with Gasteiger partial charge in [0.25, 0.3) is 0 Å². The van der Waals surface area contributed by atoms with Gasteiger partial charge in [-0.05, 0) is 26.3 Å². The Morgan fingerprint density at radius 2 is 1.92 bits per heavy atom. The molecule has 0 rings (SSSR count). The zero-order chi connectivity index (χ0) is 10.9. The Bertz CT molecular complexity index is 153. The second-order valence-corrected chi connectivity index (χ2v) is 3.13. The molecule has 0 aromatic carbocycles. The smallest absolute Gasteiger partial charge is 0.333 e. The molecule has 0 aliphatic carbocycles. The van der Waals surface area contributed by atoms with Crippen LogP contribution in [-0.4, -0.2) is 19.1 Å². The zero-order valence-electron chi connectivity index (χ0n) is 9.09. The fourth-order valence-electron chi connectivity index (χ4n) is 0.254. The molecule has 3 heteroatoms. The molecular weight excluding hydrogens is 166 g/mol. The van der Waals surface area contributed by atoms with E-state index in [0.29, 0.717) is 18.1 Å². The molecule has 0 aliphatic rings.